The lowest BCUT2D eigenvalue weighted by molar-refractivity contribution is 0.0671. The fourth-order valence-electron chi connectivity index (χ4n) is 3.56. The molecule has 1 N–H and O–H groups in total. The minimum absolute atomic E-state index is 0.123. The molecule has 3 heterocycles. The van der Waals surface area contributed by atoms with Crippen LogP contribution in [0.3, 0.4) is 0 Å². The SMILES string of the molecule is CCn1cc(Cl)cc1C(=O)N1C(C)CC2CNCC21. The van der Waals surface area contributed by atoms with Gasteiger partial charge in [-0.2, -0.15) is 0 Å². The van der Waals surface area contributed by atoms with Crippen molar-refractivity contribution in [3.05, 3.63) is 23.0 Å². The van der Waals surface area contributed by atoms with Crippen LogP contribution in [-0.2, 0) is 6.54 Å². The van der Waals surface area contributed by atoms with Crippen molar-refractivity contribution in [3.8, 4) is 0 Å². The molecule has 5 heteroatoms. The lowest BCUT2D eigenvalue weighted by atomic mass is 10.0. The number of carbonyl (C=O) groups is 1. The van der Waals surface area contributed by atoms with Crippen molar-refractivity contribution in [2.75, 3.05) is 13.1 Å². The Bertz CT molecular complexity index is 499. The van der Waals surface area contributed by atoms with Gasteiger partial charge in [-0.25, -0.2) is 0 Å². The molecule has 1 amide bonds. The first-order chi connectivity index (χ1) is 9.11. The molecule has 2 fully saturated rings. The fraction of sp³-hybridized carbons (Fsp3) is 0.643. The lowest BCUT2D eigenvalue weighted by Gasteiger charge is -2.28. The lowest BCUT2D eigenvalue weighted by Crippen LogP contribution is -2.43. The second-order valence-electron chi connectivity index (χ2n) is 5.61. The third kappa shape index (κ3) is 2.07. The van der Waals surface area contributed by atoms with E-state index in [1.54, 1.807) is 6.07 Å². The molecule has 0 radical (unpaired) electrons. The minimum Gasteiger partial charge on any atom is -0.342 e. The predicted molar refractivity (Wildman–Crippen MR) is 75.5 cm³/mol. The van der Waals surface area contributed by atoms with Crippen LogP contribution in [-0.4, -0.2) is 40.5 Å². The van der Waals surface area contributed by atoms with Crippen molar-refractivity contribution >= 4 is 17.5 Å². The summed E-state index contributed by atoms with van der Waals surface area (Å²) < 4.78 is 1.94. The van der Waals surface area contributed by atoms with Gasteiger partial charge in [-0.3, -0.25) is 4.79 Å². The number of aromatic nitrogens is 1. The van der Waals surface area contributed by atoms with Crippen molar-refractivity contribution in [2.24, 2.45) is 5.92 Å². The maximum Gasteiger partial charge on any atom is 0.271 e. The van der Waals surface area contributed by atoms with Gasteiger partial charge in [0.2, 0.25) is 0 Å². The molecule has 19 heavy (non-hydrogen) atoms. The van der Waals surface area contributed by atoms with Crippen molar-refractivity contribution in [3.63, 3.8) is 0 Å². The van der Waals surface area contributed by atoms with Gasteiger partial charge in [-0.15, -0.1) is 0 Å². The summed E-state index contributed by atoms with van der Waals surface area (Å²) in [6, 6.07) is 2.46. The van der Waals surface area contributed by atoms with Crippen LogP contribution in [0.25, 0.3) is 0 Å². The maximum absolute atomic E-state index is 12.8. The second-order valence-corrected chi connectivity index (χ2v) is 6.05. The summed E-state index contributed by atoms with van der Waals surface area (Å²) in [6.07, 6.45) is 2.93. The normalized spacial score (nSPS) is 29.8. The van der Waals surface area contributed by atoms with E-state index in [2.05, 4.69) is 17.1 Å². The van der Waals surface area contributed by atoms with Crippen molar-refractivity contribution < 1.29 is 4.79 Å². The molecular weight excluding hydrogens is 262 g/mol. The van der Waals surface area contributed by atoms with E-state index < -0.39 is 0 Å². The monoisotopic (exact) mass is 281 g/mol. The van der Waals surface area contributed by atoms with E-state index in [0.29, 0.717) is 28.7 Å². The number of hydrogen-bond acceptors (Lipinski definition) is 2. The molecular formula is C14H20ClN3O. The smallest absolute Gasteiger partial charge is 0.271 e. The molecule has 1 aromatic heterocycles. The summed E-state index contributed by atoms with van der Waals surface area (Å²) in [5.74, 6) is 0.733. The Morgan fingerprint density at radius 2 is 2.32 bits per heavy atom. The molecule has 0 aliphatic carbocycles. The summed E-state index contributed by atoms with van der Waals surface area (Å²) in [7, 11) is 0. The molecule has 2 aliphatic heterocycles. The second kappa shape index (κ2) is 4.84. The van der Waals surface area contributed by atoms with Crippen LogP contribution in [0.1, 0.15) is 30.8 Å². The third-order valence-corrected chi connectivity index (χ3v) is 4.64. The Labute approximate surface area is 118 Å². The molecule has 104 valence electrons. The standard InChI is InChI=1S/C14H20ClN3O/c1-3-17-8-11(15)5-12(17)14(19)18-9(2)4-10-6-16-7-13(10)18/h5,8-10,13,16H,3-4,6-7H2,1-2H3. The van der Waals surface area contributed by atoms with Gasteiger partial charge in [-0.05, 0) is 32.3 Å². The van der Waals surface area contributed by atoms with E-state index in [-0.39, 0.29) is 5.91 Å². The Morgan fingerprint density at radius 3 is 3.05 bits per heavy atom. The number of halogens is 1. The van der Waals surface area contributed by atoms with Gasteiger partial charge in [0.15, 0.2) is 0 Å². The van der Waals surface area contributed by atoms with Crippen LogP contribution < -0.4 is 5.32 Å². The van der Waals surface area contributed by atoms with E-state index >= 15 is 0 Å². The molecule has 0 saturated carbocycles. The van der Waals surface area contributed by atoms with Crippen LogP contribution in [0.15, 0.2) is 12.3 Å². The van der Waals surface area contributed by atoms with Crippen LogP contribution in [0.5, 0.6) is 0 Å². The zero-order valence-electron chi connectivity index (χ0n) is 11.4. The van der Waals surface area contributed by atoms with Gasteiger partial charge in [0, 0.05) is 37.9 Å². The van der Waals surface area contributed by atoms with Crippen LogP contribution in [0.4, 0.5) is 0 Å². The summed E-state index contributed by atoms with van der Waals surface area (Å²) in [6.45, 7) is 6.90. The van der Waals surface area contributed by atoms with Crippen molar-refractivity contribution in [2.45, 2.75) is 38.9 Å². The van der Waals surface area contributed by atoms with Crippen LogP contribution >= 0.6 is 11.6 Å². The predicted octanol–water partition coefficient (Wildman–Crippen LogP) is 1.98. The van der Waals surface area contributed by atoms with E-state index in [4.69, 9.17) is 11.6 Å². The number of carbonyl (C=O) groups excluding carboxylic acids is 1. The van der Waals surface area contributed by atoms with E-state index in [0.717, 1.165) is 26.1 Å². The first-order valence-corrected chi connectivity index (χ1v) is 7.38. The Balaban J connectivity index is 1.90. The summed E-state index contributed by atoms with van der Waals surface area (Å²) in [5.41, 5.74) is 0.715. The van der Waals surface area contributed by atoms with E-state index in [9.17, 15) is 4.79 Å². The molecule has 2 saturated heterocycles. The van der Waals surface area contributed by atoms with Gasteiger partial charge in [-0.1, -0.05) is 11.6 Å². The molecule has 3 rings (SSSR count). The number of aryl methyl sites for hydroxylation is 1. The molecule has 4 nitrogen and oxygen atoms in total. The molecule has 0 spiro atoms. The fourth-order valence-corrected chi connectivity index (χ4v) is 3.78. The van der Waals surface area contributed by atoms with Crippen molar-refractivity contribution in [1.82, 2.24) is 14.8 Å². The van der Waals surface area contributed by atoms with Gasteiger partial charge in [0.05, 0.1) is 5.02 Å². The number of fused-ring (bicyclic) bond motifs is 1. The Hall–Kier alpha value is -1.00. The van der Waals surface area contributed by atoms with E-state index in [1.807, 2.05) is 17.7 Å². The highest BCUT2D eigenvalue weighted by atomic mass is 35.5. The van der Waals surface area contributed by atoms with Gasteiger partial charge in [0.25, 0.3) is 5.91 Å². The highest BCUT2D eigenvalue weighted by Crippen LogP contribution is 2.33. The first-order valence-electron chi connectivity index (χ1n) is 7.01. The van der Waals surface area contributed by atoms with Gasteiger partial charge in [0.1, 0.15) is 5.69 Å². The number of likely N-dealkylation sites (tertiary alicyclic amines) is 1. The minimum atomic E-state index is 0.123. The molecule has 2 aliphatic rings. The quantitative estimate of drug-likeness (QED) is 0.900. The highest BCUT2D eigenvalue weighted by molar-refractivity contribution is 6.31. The number of rotatable bonds is 2. The number of hydrogen-bond donors (Lipinski definition) is 1. The number of nitrogens with zero attached hydrogens (tertiary/aromatic N) is 2. The van der Waals surface area contributed by atoms with E-state index in [1.165, 1.54) is 0 Å². The van der Waals surface area contributed by atoms with Crippen LogP contribution in [0.2, 0.25) is 5.02 Å². The topological polar surface area (TPSA) is 37.3 Å². The summed E-state index contributed by atoms with van der Waals surface area (Å²) in [4.78, 5) is 14.9. The molecule has 0 aromatic carbocycles. The molecule has 3 unspecified atom stereocenters. The largest absolute Gasteiger partial charge is 0.342 e. The van der Waals surface area contributed by atoms with Gasteiger partial charge < -0.3 is 14.8 Å². The zero-order chi connectivity index (χ0) is 13.6. The average molecular weight is 282 g/mol. The third-order valence-electron chi connectivity index (χ3n) is 4.44. The number of amides is 1. The molecule has 1 aromatic rings. The summed E-state index contributed by atoms with van der Waals surface area (Å²) in [5, 5.41) is 4.03. The average Bonchev–Trinajstić information content (AvgIpc) is 3.02. The maximum atomic E-state index is 12.8. The van der Waals surface area contributed by atoms with Crippen molar-refractivity contribution in [1.29, 1.82) is 0 Å². The Morgan fingerprint density at radius 1 is 1.53 bits per heavy atom. The molecule has 3 atom stereocenters. The number of nitrogens with one attached hydrogen (secondary N) is 1. The molecule has 0 bridgehead atoms. The van der Waals surface area contributed by atoms with Crippen LogP contribution in [0, 0.1) is 5.92 Å². The summed E-state index contributed by atoms with van der Waals surface area (Å²) >= 11 is 6.04. The van der Waals surface area contributed by atoms with Gasteiger partial charge >= 0.3 is 0 Å². The highest BCUT2D eigenvalue weighted by Gasteiger charge is 2.44. The zero-order valence-corrected chi connectivity index (χ0v) is 12.2. The Kier molecular flexibility index (Phi) is 3.31. The first kappa shape index (κ1) is 13.0.